The Balaban J connectivity index is 2.28. The van der Waals surface area contributed by atoms with Crippen LogP contribution in [0.25, 0.3) is 5.69 Å². The third-order valence-electron chi connectivity index (χ3n) is 4.32. The van der Waals surface area contributed by atoms with E-state index in [2.05, 4.69) is 15.5 Å². The molecule has 27 heavy (non-hydrogen) atoms. The molecule has 0 bridgehead atoms. The largest absolute Gasteiger partial charge is 0.347 e. The van der Waals surface area contributed by atoms with E-state index in [9.17, 15) is 9.59 Å². The Morgan fingerprint density at radius 3 is 2.37 bits per heavy atom. The van der Waals surface area contributed by atoms with E-state index in [0.29, 0.717) is 12.1 Å². The molecular formula is C20H29N5O2. The Labute approximate surface area is 160 Å². The van der Waals surface area contributed by atoms with Crippen LogP contribution in [0.2, 0.25) is 0 Å². The molecule has 0 aliphatic heterocycles. The van der Waals surface area contributed by atoms with Gasteiger partial charge in [0.15, 0.2) is 5.69 Å². The molecule has 0 saturated carbocycles. The molecule has 0 saturated heterocycles. The van der Waals surface area contributed by atoms with Gasteiger partial charge in [-0.2, -0.15) is 9.90 Å². The van der Waals surface area contributed by atoms with Crippen LogP contribution in [0.4, 0.5) is 0 Å². The van der Waals surface area contributed by atoms with Gasteiger partial charge in [-0.25, -0.2) is 0 Å². The fourth-order valence-corrected chi connectivity index (χ4v) is 2.96. The van der Waals surface area contributed by atoms with Gasteiger partial charge in [0.05, 0.1) is 11.4 Å². The standard InChI is InChI=1S/C20H29N5O2/c1-12(2)10-16(20(27)24(6)7)21-19(26)18-15(5)22-25(23-18)17-9-8-13(3)11-14(17)4/h8-9,11-12,16H,10H2,1-7H3,(H,21,26). The highest BCUT2D eigenvalue weighted by Gasteiger charge is 2.26. The second kappa shape index (κ2) is 8.33. The Morgan fingerprint density at radius 2 is 1.81 bits per heavy atom. The molecular weight excluding hydrogens is 342 g/mol. The Morgan fingerprint density at radius 1 is 1.15 bits per heavy atom. The molecule has 0 spiro atoms. The molecule has 0 radical (unpaired) electrons. The SMILES string of the molecule is Cc1ccc(-n2nc(C)c(C(=O)NC(CC(C)C)C(=O)N(C)C)n2)c(C)c1. The highest BCUT2D eigenvalue weighted by Crippen LogP contribution is 2.16. The number of aryl methyl sites for hydroxylation is 3. The zero-order chi connectivity index (χ0) is 20.3. The molecule has 7 nitrogen and oxygen atoms in total. The van der Waals surface area contributed by atoms with Crippen molar-refractivity contribution in [1.29, 1.82) is 0 Å². The molecule has 7 heteroatoms. The molecule has 1 aromatic heterocycles. The van der Waals surface area contributed by atoms with E-state index in [1.54, 1.807) is 21.0 Å². The lowest BCUT2D eigenvalue weighted by Crippen LogP contribution is -2.47. The minimum Gasteiger partial charge on any atom is -0.347 e. The summed E-state index contributed by atoms with van der Waals surface area (Å²) < 4.78 is 0. The molecule has 0 aliphatic rings. The number of likely N-dealkylation sites (N-methyl/N-ethyl adjacent to an activating group) is 1. The van der Waals surface area contributed by atoms with Crippen molar-refractivity contribution >= 4 is 11.8 Å². The van der Waals surface area contributed by atoms with Crippen molar-refractivity contribution < 1.29 is 9.59 Å². The summed E-state index contributed by atoms with van der Waals surface area (Å²) >= 11 is 0. The zero-order valence-electron chi connectivity index (χ0n) is 17.2. The summed E-state index contributed by atoms with van der Waals surface area (Å²) in [5, 5.41) is 11.6. The lowest BCUT2D eigenvalue weighted by molar-refractivity contribution is -0.131. The molecule has 1 heterocycles. The summed E-state index contributed by atoms with van der Waals surface area (Å²) in [5.74, 6) is -0.243. The Bertz CT molecular complexity index is 839. The maximum atomic E-state index is 12.8. The summed E-state index contributed by atoms with van der Waals surface area (Å²) in [5.41, 5.74) is 3.75. The molecule has 0 fully saturated rings. The molecule has 2 aromatic rings. The number of benzene rings is 1. The van der Waals surface area contributed by atoms with Crippen LogP contribution < -0.4 is 5.32 Å². The Kier molecular flexibility index (Phi) is 6.36. The van der Waals surface area contributed by atoms with Gasteiger partial charge in [-0.05, 0) is 44.7 Å². The minimum absolute atomic E-state index is 0.128. The molecule has 1 N–H and O–H groups in total. The first-order valence-corrected chi connectivity index (χ1v) is 9.13. The summed E-state index contributed by atoms with van der Waals surface area (Å²) in [6.45, 7) is 9.78. The number of carbonyl (C=O) groups is 2. The van der Waals surface area contributed by atoms with E-state index >= 15 is 0 Å². The van der Waals surface area contributed by atoms with Crippen LogP contribution in [0.1, 0.15) is 47.6 Å². The van der Waals surface area contributed by atoms with Gasteiger partial charge in [-0.15, -0.1) is 5.10 Å². The van der Waals surface area contributed by atoms with E-state index in [0.717, 1.165) is 16.8 Å². The lowest BCUT2D eigenvalue weighted by atomic mass is 10.0. The maximum Gasteiger partial charge on any atom is 0.274 e. The van der Waals surface area contributed by atoms with Crippen LogP contribution in [0.15, 0.2) is 18.2 Å². The quantitative estimate of drug-likeness (QED) is 0.846. The van der Waals surface area contributed by atoms with Gasteiger partial charge in [-0.1, -0.05) is 31.5 Å². The molecule has 0 aliphatic carbocycles. The number of hydrogen-bond acceptors (Lipinski definition) is 4. The van der Waals surface area contributed by atoms with Gasteiger partial charge in [0.2, 0.25) is 5.91 Å². The molecule has 1 aromatic carbocycles. The minimum atomic E-state index is -0.585. The van der Waals surface area contributed by atoms with Gasteiger partial charge < -0.3 is 10.2 Å². The van der Waals surface area contributed by atoms with Crippen LogP contribution in [0.3, 0.4) is 0 Å². The van der Waals surface area contributed by atoms with Crippen LogP contribution in [-0.4, -0.2) is 51.8 Å². The summed E-state index contributed by atoms with van der Waals surface area (Å²) in [4.78, 5) is 28.1. The van der Waals surface area contributed by atoms with Crippen molar-refractivity contribution in [3.63, 3.8) is 0 Å². The van der Waals surface area contributed by atoms with Crippen molar-refractivity contribution in [2.45, 2.75) is 47.1 Å². The monoisotopic (exact) mass is 371 g/mol. The highest BCUT2D eigenvalue weighted by molar-refractivity contribution is 5.96. The van der Waals surface area contributed by atoms with Crippen molar-refractivity contribution in [2.75, 3.05) is 14.1 Å². The summed E-state index contributed by atoms with van der Waals surface area (Å²) in [6, 6.07) is 5.37. The van der Waals surface area contributed by atoms with E-state index in [1.807, 2.05) is 45.9 Å². The van der Waals surface area contributed by atoms with Crippen molar-refractivity contribution in [3.05, 3.63) is 40.7 Å². The van der Waals surface area contributed by atoms with Gasteiger partial charge in [0, 0.05) is 14.1 Å². The smallest absolute Gasteiger partial charge is 0.274 e. The lowest BCUT2D eigenvalue weighted by Gasteiger charge is -2.22. The van der Waals surface area contributed by atoms with Gasteiger partial charge in [0.1, 0.15) is 6.04 Å². The van der Waals surface area contributed by atoms with Crippen molar-refractivity contribution in [3.8, 4) is 5.69 Å². The van der Waals surface area contributed by atoms with Crippen molar-refractivity contribution in [1.82, 2.24) is 25.2 Å². The first-order chi connectivity index (χ1) is 12.6. The predicted molar refractivity (Wildman–Crippen MR) is 105 cm³/mol. The van der Waals surface area contributed by atoms with Gasteiger partial charge >= 0.3 is 0 Å². The number of carbonyl (C=O) groups excluding carboxylic acids is 2. The number of rotatable bonds is 6. The average Bonchev–Trinajstić information content (AvgIpc) is 2.94. The normalized spacial score (nSPS) is 12.1. The van der Waals surface area contributed by atoms with E-state index in [1.165, 1.54) is 9.70 Å². The maximum absolute atomic E-state index is 12.8. The molecule has 1 unspecified atom stereocenters. The summed E-state index contributed by atoms with van der Waals surface area (Å²) in [6.07, 6.45) is 0.563. The molecule has 2 rings (SSSR count). The third-order valence-corrected chi connectivity index (χ3v) is 4.32. The van der Waals surface area contributed by atoms with Crippen molar-refractivity contribution in [2.24, 2.45) is 5.92 Å². The van der Waals surface area contributed by atoms with Crippen LogP contribution in [0.5, 0.6) is 0 Å². The fraction of sp³-hybridized carbons (Fsp3) is 0.500. The molecule has 1 atom stereocenters. The van der Waals surface area contributed by atoms with E-state index in [-0.39, 0.29) is 23.4 Å². The highest BCUT2D eigenvalue weighted by atomic mass is 16.2. The number of nitrogens with zero attached hydrogens (tertiary/aromatic N) is 4. The Hall–Kier alpha value is -2.70. The third kappa shape index (κ3) is 4.93. The topological polar surface area (TPSA) is 80.1 Å². The number of hydrogen-bond donors (Lipinski definition) is 1. The van der Waals surface area contributed by atoms with E-state index < -0.39 is 6.04 Å². The second-order valence-electron chi connectivity index (χ2n) is 7.60. The van der Waals surface area contributed by atoms with E-state index in [4.69, 9.17) is 0 Å². The molecule has 2 amide bonds. The van der Waals surface area contributed by atoms with Crippen LogP contribution in [0, 0.1) is 26.7 Å². The molecule has 146 valence electrons. The average molecular weight is 371 g/mol. The number of aromatic nitrogens is 3. The van der Waals surface area contributed by atoms with Gasteiger partial charge in [-0.3, -0.25) is 9.59 Å². The zero-order valence-corrected chi connectivity index (χ0v) is 17.2. The fourth-order valence-electron chi connectivity index (χ4n) is 2.96. The second-order valence-corrected chi connectivity index (χ2v) is 7.60. The van der Waals surface area contributed by atoms with Crippen LogP contribution >= 0.6 is 0 Å². The van der Waals surface area contributed by atoms with Crippen LogP contribution in [-0.2, 0) is 4.79 Å². The first kappa shape index (κ1) is 20.6. The first-order valence-electron chi connectivity index (χ1n) is 9.13. The van der Waals surface area contributed by atoms with Gasteiger partial charge in [0.25, 0.3) is 5.91 Å². The number of nitrogens with one attached hydrogen (secondary N) is 1. The number of amides is 2. The summed E-state index contributed by atoms with van der Waals surface area (Å²) in [7, 11) is 3.37. The predicted octanol–water partition coefficient (Wildman–Crippen LogP) is 2.43.